The molecule has 3 aromatic rings. The van der Waals surface area contributed by atoms with Gasteiger partial charge in [-0.25, -0.2) is 19.5 Å². The first kappa shape index (κ1) is 34.6. The quantitative estimate of drug-likeness (QED) is 0.265. The topological polar surface area (TPSA) is 104 Å². The second kappa shape index (κ2) is 13.0. The number of benzene rings is 2. The van der Waals surface area contributed by atoms with Gasteiger partial charge in [-0.3, -0.25) is 0 Å². The van der Waals surface area contributed by atoms with E-state index in [2.05, 4.69) is 15.0 Å². The molecule has 1 heterocycles. The average Bonchev–Trinajstić information content (AvgIpc) is 2.89. The predicted octanol–water partition coefficient (Wildman–Crippen LogP) is 8.68. The van der Waals surface area contributed by atoms with Crippen LogP contribution in [0.4, 0.5) is 22.8 Å². The van der Waals surface area contributed by atoms with Crippen LogP contribution in [-0.2, 0) is 22.2 Å². The number of carbonyl (C=O) groups is 2. The standard InChI is InChI=1S/C31H36ClF3N4O5/c1-17(2)20-15-19(11-12-22(20)31(33,34)35)24-36-25(38-26(37-24)42-9)21-14-18(10-13-23(21)32)16-39(27(40)43-29(3,4)5)28(41)44-30(6,7)8/h10-15,17H,16H2,1-9H3. The van der Waals surface area contributed by atoms with Gasteiger partial charge in [-0.15, -0.1) is 0 Å². The van der Waals surface area contributed by atoms with E-state index < -0.39 is 41.0 Å². The zero-order valence-corrected chi connectivity index (χ0v) is 26.8. The van der Waals surface area contributed by atoms with E-state index in [1.807, 2.05) is 0 Å². The largest absolute Gasteiger partial charge is 0.467 e. The van der Waals surface area contributed by atoms with E-state index >= 15 is 0 Å². The van der Waals surface area contributed by atoms with Crippen molar-refractivity contribution in [3.05, 3.63) is 58.1 Å². The van der Waals surface area contributed by atoms with Crippen LogP contribution in [0.3, 0.4) is 0 Å². The Morgan fingerprint density at radius 1 is 0.864 bits per heavy atom. The number of hydrogen-bond donors (Lipinski definition) is 0. The zero-order valence-electron chi connectivity index (χ0n) is 26.1. The summed E-state index contributed by atoms with van der Waals surface area (Å²) in [6.07, 6.45) is -6.34. The molecule has 9 nitrogen and oxygen atoms in total. The van der Waals surface area contributed by atoms with Crippen LogP contribution >= 0.6 is 11.6 Å². The number of nitrogens with zero attached hydrogens (tertiary/aromatic N) is 4. The van der Waals surface area contributed by atoms with E-state index in [-0.39, 0.29) is 34.8 Å². The highest BCUT2D eigenvalue weighted by Gasteiger charge is 2.34. The summed E-state index contributed by atoms with van der Waals surface area (Å²) in [4.78, 5) is 39.9. The monoisotopic (exact) mass is 636 g/mol. The van der Waals surface area contributed by atoms with Crippen LogP contribution < -0.4 is 4.74 Å². The summed E-state index contributed by atoms with van der Waals surface area (Å²) in [6, 6.07) is 8.30. The highest BCUT2D eigenvalue weighted by molar-refractivity contribution is 6.33. The number of ether oxygens (including phenoxy) is 3. The number of hydrogen-bond acceptors (Lipinski definition) is 8. The molecule has 13 heteroatoms. The van der Waals surface area contributed by atoms with Crippen molar-refractivity contribution in [2.75, 3.05) is 7.11 Å². The fraction of sp³-hybridized carbons (Fsp3) is 0.452. The van der Waals surface area contributed by atoms with Crippen LogP contribution in [0.1, 0.15) is 78.0 Å². The van der Waals surface area contributed by atoms with Gasteiger partial charge in [-0.2, -0.15) is 23.1 Å². The zero-order chi connectivity index (χ0) is 33.2. The van der Waals surface area contributed by atoms with E-state index in [0.29, 0.717) is 16.7 Å². The summed E-state index contributed by atoms with van der Waals surface area (Å²) < 4.78 is 57.1. The third kappa shape index (κ3) is 9.04. The Labute approximate surface area is 259 Å². The predicted molar refractivity (Wildman–Crippen MR) is 159 cm³/mol. The van der Waals surface area contributed by atoms with E-state index in [1.165, 1.54) is 19.2 Å². The summed E-state index contributed by atoms with van der Waals surface area (Å²) in [5.41, 5.74) is -1.35. The summed E-state index contributed by atoms with van der Waals surface area (Å²) in [7, 11) is 1.34. The summed E-state index contributed by atoms with van der Waals surface area (Å²) in [5, 5.41) is 0.226. The average molecular weight is 637 g/mol. The molecule has 238 valence electrons. The lowest BCUT2D eigenvalue weighted by atomic mass is 9.94. The SMILES string of the molecule is COc1nc(-c2ccc(C(F)(F)F)c(C(C)C)c2)nc(-c2cc(CN(C(=O)OC(C)(C)C)C(=O)OC(C)(C)C)ccc2Cl)n1. The van der Waals surface area contributed by atoms with Crippen molar-refractivity contribution < 1.29 is 37.0 Å². The van der Waals surface area contributed by atoms with Gasteiger partial charge in [0.05, 0.1) is 24.2 Å². The Morgan fingerprint density at radius 3 is 1.93 bits per heavy atom. The van der Waals surface area contributed by atoms with Crippen LogP contribution in [0.2, 0.25) is 5.02 Å². The molecule has 0 bridgehead atoms. The lowest BCUT2D eigenvalue weighted by molar-refractivity contribution is -0.138. The first-order chi connectivity index (χ1) is 20.2. The Kier molecular flexibility index (Phi) is 10.2. The summed E-state index contributed by atoms with van der Waals surface area (Å²) in [6.45, 7) is 13.1. The third-order valence-electron chi connectivity index (χ3n) is 5.87. The minimum Gasteiger partial charge on any atom is -0.467 e. The second-order valence-corrected chi connectivity index (χ2v) is 12.7. The molecule has 0 atom stereocenters. The van der Waals surface area contributed by atoms with Crippen molar-refractivity contribution in [2.24, 2.45) is 0 Å². The van der Waals surface area contributed by atoms with Crippen LogP contribution in [0, 0.1) is 0 Å². The molecule has 2 amide bonds. The second-order valence-electron chi connectivity index (χ2n) is 12.3. The molecule has 44 heavy (non-hydrogen) atoms. The van der Waals surface area contributed by atoms with Crippen molar-refractivity contribution in [1.82, 2.24) is 19.9 Å². The maximum Gasteiger partial charge on any atom is 0.420 e. The Hall–Kier alpha value is -3.93. The highest BCUT2D eigenvalue weighted by atomic mass is 35.5. The Balaban J connectivity index is 2.09. The molecular formula is C31H36ClF3N4O5. The van der Waals surface area contributed by atoms with Crippen molar-refractivity contribution in [3.63, 3.8) is 0 Å². The number of methoxy groups -OCH3 is 1. The molecule has 0 radical (unpaired) electrons. The van der Waals surface area contributed by atoms with Crippen LogP contribution in [0.5, 0.6) is 6.01 Å². The van der Waals surface area contributed by atoms with Gasteiger partial charge in [0.2, 0.25) is 0 Å². The van der Waals surface area contributed by atoms with Gasteiger partial charge < -0.3 is 14.2 Å². The summed E-state index contributed by atoms with van der Waals surface area (Å²) in [5.74, 6) is -0.308. The van der Waals surface area contributed by atoms with Crippen LogP contribution in [-0.4, -0.2) is 50.4 Å². The number of amides is 2. The number of alkyl halides is 3. The van der Waals surface area contributed by atoms with Crippen LogP contribution in [0.15, 0.2) is 36.4 Å². The lowest BCUT2D eigenvalue weighted by Gasteiger charge is -2.28. The van der Waals surface area contributed by atoms with Gasteiger partial charge in [0.15, 0.2) is 11.6 Å². The van der Waals surface area contributed by atoms with Gasteiger partial charge in [0, 0.05) is 11.1 Å². The first-order valence-corrected chi connectivity index (χ1v) is 14.1. The van der Waals surface area contributed by atoms with Gasteiger partial charge in [0.25, 0.3) is 0 Å². The minimum absolute atomic E-state index is 0.0609. The van der Waals surface area contributed by atoms with Crippen LogP contribution in [0.25, 0.3) is 22.8 Å². The van der Waals surface area contributed by atoms with Gasteiger partial charge in [0.1, 0.15) is 11.2 Å². The molecule has 0 aliphatic heterocycles. The maximum absolute atomic E-state index is 13.6. The molecule has 0 saturated carbocycles. The number of aromatic nitrogens is 3. The number of carbonyl (C=O) groups excluding carboxylic acids is 2. The van der Waals surface area contributed by atoms with E-state index in [1.54, 1.807) is 73.6 Å². The maximum atomic E-state index is 13.6. The number of imide groups is 1. The molecule has 2 aromatic carbocycles. The van der Waals surface area contributed by atoms with Crippen molar-refractivity contribution in [2.45, 2.75) is 85.2 Å². The smallest absolute Gasteiger partial charge is 0.420 e. The number of rotatable bonds is 6. The molecular weight excluding hydrogens is 601 g/mol. The van der Waals surface area contributed by atoms with Crippen molar-refractivity contribution >= 4 is 23.8 Å². The molecule has 0 N–H and O–H groups in total. The third-order valence-corrected chi connectivity index (χ3v) is 6.20. The van der Waals surface area contributed by atoms with E-state index in [9.17, 15) is 22.8 Å². The number of halogens is 4. The van der Waals surface area contributed by atoms with Gasteiger partial charge >= 0.3 is 24.4 Å². The Bertz CT molecular complexity index is 1500. The molecule has 3 rings (SSSR count). The van der Waals surface area contributed by atoms with Crippen molar-refractivity contribution in [1.29, 1.82) is 0 Å². The Morgan fingerprint density at radius 2 is 1.43 bits per heavy atom. The molecule has 0 spiro atoms. The van der Waals surface area contributed by atoms with Gasteiger partial charge in [-0.1, -0.05) is 37.6 Å². The highest BCUT2D eigenvalue weighted by Crippen LogP contribution is 2.37. The molecule has 0 saturated heterocycles. The fourth-order valence-electron chi connectivity index (χ4n) is 4.00. The van der Waals surface area contributed by atoms with E-state index in [4.69, 9.17) is 25.8 Å². The first-order valence-electron chi connectivity index (χ1n) is 13.7. The normalized spacial score (nSPS) is 12.2. The molecule has 0 unspecified atom stereocenters. The molecule has 0 aliphatic rings. The summed E-state index contributed by atoms with van der Waals surface area (Å²) >= 11 is 6.54. The fourth-order valence-corrected chi connectivity index (χ4v) is 4.20. The lowest BCUT2D eigenvalue weighted by Crippen LogP contribution is -2.43. The molecule has 1 aromatic heterocycles. The minimum atomic E-state index is -4.53. The van der Waals surface area contributed by atoms with E-state index in [0.717, 1.165) is 11.0 Å². The van der Waals surface area contributed by atoms with Crippen molar-refractivity contribution in [3.8, 4) is 28.8 Å². The molecule has 0 aliphatic carbocycles. The van der Waals surface area contributed by atoms with Gasteiger partial charge in [-0.05, 0) is 82.9 Å². The molecule has 0 fully saturated rings.